The zero-order chi connectivity index (χ0) is 33.0. The van der Waals surface area contributed by atoms with E-state index in [2.05, 4.69) is 11.4 Å². The second-order valence-corrected chi connectivity index (χ2v) is 14.1. The maximum absolute atomic E-state index is 12.6. The predicted octanol–water partition coefficient (Wildman–Crippen LogP) is 7.91. The van der Waals surface area contributed by atoms with Gasteiger partial charge in [0.05, 0.1) is 15.9 Å². The van der Waals surface area contributed by atoms with E-state index in [0.717, 1.165) is 45.8 Å². The highest BCUT2D eigenvalue weighted by atomic mass is 32.2. The number of anilines is 2. The van der Waals surface area contributed by atoms with Crippen molar-refractivity contribution in [3.8, 4) is 22.5 Å². The third-order valence-corrected chi connectivity index (χ3v) is 9.51. The van der Waals surface area contributed by atoms with E-state index in [1.54, 1.807) is 30.3 Å². The van der Waals surface area contributed by atoms with E-state index in [4.69, 9.17) is 9.41 Å². The Kier molecular flexibility index (Phi) is 7.81. The first-order chi connectivity index (χ1) is 21.7. The molecule has 1 aliphatic carbocycles. The van der Waals surface area contributed by atoms with Gasteiger partial charge in [-0.05, 0) is 87.4 Å². The summed E-state index contributed by atoms with van der Waals surface area (Å²) in [5, 5.41) is 4.50. The van der Waals surface area contributed by atoms with Crippen molar-refractivity contribution in [2.75, 3.05) is 5.32 Å². The Morgan fingerprint density at radius 1 is 0.674 bits per heavy atom. The lowest BCUT2D eigenvalue weighted by Crippen LogP contribution is -2.07. The Balaban J connectivity index is 1.64. The molecule has 46 heavy (non-hydrogen) atoms. The molecule has 0 amide bonds. The fourth-order valence-corrected chi connectivity index (χ4v) is 6.88. The van der Waals surface area contributed by atoms with Gasteiger partial charge in [-0.25, -0.2) is 4.99 Å². The Hall–Kier alpha value is -4.81. The van der Waals surface area contributed by atoms with Crippen LogP contribution in [0.4, 0.5) is 17.1 Å². The maximum atomic E-state index is 12.6. The third-order valence-electron chi connectivity index (χ3n) is 7.77. The highest BCUT2D eigenvalue weighted by molar-refractivity contribution is 7.86. The summed E-state index contributed by atoms with van der Waals surface area (Å²) in [5.41, 5.74) is 7.95. The molecule has 0 radical (unpaired) electrons. The van der Waals surface area contributed by atoms with Gasteiger partial charge in [0.2, 0.25) is 0 Å². The van der Waals surface area contributed by atoms with Crippen molar-refractivity contribution < 1.29 is 30.4 Å². The minimum atomic E-state index is -4.95. The second kappa shape index (κ2) is 11.5. The van der Waals surface area contributed by atoms with Crippen LogP contribution in [0.1, 0.15) is 22.3 Å². The standard InChI is InChI=1S/C35H30N2O7S2/c1-20-5-13-30(22(3)15-20)36-24-7-10-27-32(17-24)44-33-18-25(37-31-14-6-21(2)16-23(31)4)8-11-28(33)35(27)29-12-9-26(45(38,39)40)19-34(29)46(41,42)43/h5-19,36H,1-4H3,(H,38,39,40)(H,41,42,43). The van der Waals surface area contributed by atoms with E-state index in [9.17, 15) is 25.9 Å². The van der Waals surface area contributed by atoms with Crippen LogP contribution in [-0.4, -0.2) is 25.9 Å². The molecule has 9 nitrogen and oxygen atoms in total. The zero-order valence-electron chi connectivity index (χ0n) is 25.4. The van der Waals surface area contributed by atoms with Crippen LogP contribution in [0.3, 0.4) is 0 Å². The van der Waals surface area contributed by atoms with Crippen LogP contribution in [0.15, 0.2) is 110 Å². The lowest BCUT2D eigenvalue weighted by Gasteiger charge is -2.18. The molecule has 6 rings (SSSR count). The lowest BCUT2D eigenvalue weighted by molar-refractivity contribution is 0.481. The van der Waals surface area contributed by atoms with E-state index in [0.29, 0.717) is 38.9 Å². The fraction of sp³-hybridized carbons (Fsp3) is 0.114. The molecule has 0 bridgehead atoms. The molecule has 2 aliphatic rings. The molecule has 0 aromatic heterocycles. The van der Waals surface area contributed by atoms with Crippen molar-refractivity contribution in [1.82, 2.24) is 0 Å². The molecule has 0 unspecified atom stereocenters. The number of benzene rings is 5. The molecular formula is C35H30N2O7S2. The Labute approximate surface area is 266 Å². The van der Waals surface area contributed by atoms with Gasteiger partial charge in [0, 0.05) is 45.6 Å². The van der Waals surface area contributed by atoms with Crippen molar-refractivity contribution in [2.45, 2.75) is 37.5 Å². The van der Waals surface area contributed by atoms with E-state index in [1.807, 2.05) is 64.1 Å². The summed E-state index contributed by atoms with van der Waals surface area (Å²) in [7, 11) is -9.72. The van der Waals surface area contributed by atoms with Gasteiger partial charge >= 0.3 is 0 Å². The van der Waals surface area contributed by atoms with Crippen LogP contribution >= 0.6 is 0 Å². The van der Waals surface area contributed by atoms with E-state index < -0.39 is 30.0 Å². The van der Waals surface area contributed by atoms with E-state index in [-0.39, 0.29) is 5.56 Å². The predicted molar refractivity (Wildman–Crippen MR) is 178 cm³/mol. The smallest absolute Gasteiger partial charge is 0.295 e. The summed E-state index contributed by atoms with van der Waals surface area (Å²) in [4.78, 5) is 3.44. The van der Waals surface area contributed by atoms with Gasteiger partial charge in [-0.2, -0.15) is 16.8 Å². The molecule has 0 saturated heterocycles. The normalized spacial score (nSPS) is 12.6. The summed E-state index contributed by atoms with van der Waals surface area (Å²) >= 11 is 0. The molecule has 4 aromatic carbocycles. The monoisotopic (exact) mass is 654 g/mol. The minimum Gasteiger partial charge on any atom is -0.456 e. The highest BCUT2D eigenvalue weighted by Crippen LogP contribution is 2.43. The first-order valence-electron chi connectivity index (χ1n) is 14.2. The van der Waals surface area contributed by atoms with E-state index in [1.165, 1.54) is 6.07 Å². The number of fused-ring (bicyclic) bond motifs is 2. The number of nitrogens with zero attached hydrogens (tertiary/aromatic N) is 1. The Morgan fingerprint density at radius 2 is 1.37 bits per heavy atom. The average molecular weight is 655 g/mol. The lowest BCUT2D eigenvalue weighted by atomic mass is 9.93. The largest absolute Gasteiger partial charge is 0.456 e. The summed E-state index contributed by atoms with van der Waals surface area (Å²) in [6, 6.07) is 25.6. The Bertz CT molecular complexity index is 2450. The van der Waals surface area contributed by atoms with Gasteiger partial charge in [0.1, 0.15) is 16.2 Å². The molecule has 1 heterocycles. The summed E-state index contributed by atoms with van der Waals surface area (Å²) in [5.74, 6) is 0.373. The molecular weight excluding hydrogens is 625 g/mol. The minimum absolute atomic E-state index is 0.0230. The number of aryl methyl sites for hydroxylation is 4. The third kappa shape index (κ3) is 6.18. The van der Waals surface area contributed by atoms with Gasteiger partial charge in [0.15, 0.2) is 0 Å². The molecule has 0 atom stereocenters. The topological polar surface area (TPSA) is 146 Å². The molecule has 0 spiro atoms. The van der Waals surface area contributed by atoms with Gasteiger partial charge in [-0.1, -0.05) is 41.5 Å². The first kappa shape index (κ1) is 31.2. The average Bonchev–Trinajstić information content (AvgIpc) is 2.97. The number of rotatable bonds is 6. The van der Waals surface area contributed by atoms with Crippen molar-refractivity contribution in [1.29, 1.82) is 0 Å². The number of hydrogen-bond donors (Lipinski definition) is 3. The van der Waals surface area contributed by atoms with Gasteiger partial charge < -0.3 is 9.73 Å². The molecule has 0 fully saturated rings. The number of nitrogens with one attached hydrogen (secondary N) is 1. The quantitative estimate of drug-likeness (QED) is 0.121. The molecule has 11 heteroatoms. The summed E-state index contributed by atoms with van der Waals surface area (Å²) in [6.45, 7) is 7.99. The van der Waals surface area contributed by atoms with Gasteiger partial charge in [-0.3, -0.25) is 9.11 Å². The van der Waals surface area contributed by atoms with Crippen LogP contribution in [0.5, 0.6) is 0 Å². The van der Waals surface area contributed by atoms with Gasteiger partial charge in [0.25, 0.3) is 20.2 Å². The van der Waals surface area contributed by atoms with Gasteiger partial charge in [-0.15, -0.1) is 0 Å². The van der Waals surface area contributed by atoms with Crippen LogP contribution in [0.25, 0.3) is 33.4 Å². The second-order valence-electron chi connectivity index (χ2n) is 11.3. The van der Waals surface area contributed by atoms with Crippen molar-refractivity contribution in [3.05, 3.63) is 119 Å². The summed E-state index contributed by atoms with van der Waals surface area (Å²) in [6.07, 6.45) is 0. The van der Waals surface area contributed by atoms with Crippen LogP contribution in [0, 0.1) is 27.7 Å². The van der Waals surface area contributed by atoms with Crippen LogP contribution in [0.2, 0.25) is 0 Å². The highest BCUT2D eigenvalue weighted by Gasteiger charge is 2.26. The number of hydrogen-bond acceptors (Lipinski definition) is 7. The molecule has 0 saturated carbocycles. The summed E-state index contributed by atoms with van der Waals surface area (Å²) < 4.78 is 75.3. The van der Waals surface area contributed by atoms with Crippen LogP contribution < -0.4 is 10.7 Å². The van der Waals surface area contributed by atoms with Crippen molar-refractivity contribution >= 4 is 48.3 Å². The fourth-order valence-electron chi connectivity index (χ4n) is 5.58. The zero-order valence-corrected chi connectivity index (χ0v) is 27.0. The van der Waals surface area contributed by atoms with Crippen molar-refractivity contribution in [3.63, 3.8) is 0 Å². The SMILES string of the molecule is Cc1ccc(N=c2ccc3c(-c4ccc(S(=O)(=O)O)cc4S(=O)(=O)O)c4ccc(Nc5ccc(C)cc5C)cc4oc-3c2)c(C)c1. The maximum Gasteiger partial charge on any atom is 0.295 e. The van der Waals surface area contributed by atoms with Crippen LogP contribution in [-0.2, 0) is 20.2 Å². The molecule has 3 N–H and O–H groups in total. The molecule has 4 aromatic rings. The Morgan fingerprint density at radius 3 is 2.04 bits per heavy atom. The van der Waals surface area contributed by atoms with Crippen molar-refractivity contribution in [2.24, 2.45) is 4.99 Å². The molecule has 234 valence electrons. The molecule has 1 aliphatic heterocycles. The first-order valence-corrected chi connectivity index (χ1v) is 17.1. The van der Waals surface area contributed by atoms with E-state index >= 15 is 0 Å².